The highest BCUT2D eigenvalue weighted by Gasteiger charge is 2.12. The van der Waals surface area contributed by atoms with E-state index in [1.165, 1.54) is 12.1 Å². The second-order valence-electron chi connectivity index (χ2n) is 4.57. The van der Waals surface area contributed by atoms with Crippen LogP contribution in [0.25, 0.3) is 17.1 Å². The van der Waals surface area contributed by atoms with Crippen molar-refractivity contribution in [1.29, 1.82) is 0 Å². The number of carboxylic acids is 1. The van der Waals surface area contributed by atoms with Crippen LogP contribution in [0, 0.1) is 0 Å². The van der Waals surface area contributed by atoms with Crippen LogP contribution in [0.2, 0.25) is 0 Å². The van der Waals surface area contributed by atoms with Gasteiger partial charge in [0.25, 0.3) is 0 Å². The smallest absolute Gasteiger partial charge is 0.342 e. The fourth-order valence-electron chi connectivity index (χ4n) is 1.94. The first-order valence-corrected chi connectivity index (χ1v) is 7.30. The molecular weight excluding hydrogens is 300 g/mol. The summed E-state index contributed by atoms with van der Waals surface area (Å²) in [5.41, 5.74) is 2.34. The predicted molar refractivity (Wildman–Crippen MR) is 85.7 cm³/mol. The summed E-state index contributed by atoms with van der Waals surface area (Å²) in [6.45, 7) is 0. The molecule has 3 aromatic rings. The number of nitrogens with zero attached hydrogens (tertiary/aromatic N) is 1. The van der Waals surface area contributed by atoms with E-state index in [1.54, 1.807) is 18.2 Å². The molecule has 0 aliphatic carbocycles. The lowest BCUT2D eigenvalue weighted by atomic mass is 10.2. The van der Waals surface area contributed by atoms with Gasteiger partial charge in [-0.2, -0.15) is 0 Å². The monoisotopic (exact) mass is 312 g/mol. The molecule has 3 N–H and O–H groups in total. The Hall–Kier alpha value is -2.73. The number of aromatic amines is 1. The van der Waals surface area contributed by atoms with Gasteiger partial charge in [-0.1, -0.05) is 24.3 Å². The molecule has 110 valence electrons. The predicted octanol–water partition coefficient (Wildman–Crippen LogP) is 3.49. The normalized spacial score (nSPS) is 11.7. The number of thioether (sulfide) groups is 1. The first-order valence-electron chi connectivity index (χ1n) is 6.48. The van der Waals surface area contributed by atoms with Gasteiger partial charge in [-0.25, -0.2) is 9.78 Å². The van der Waals surface area contributed by atoms with Crippen LogP contribution < -0.4 is 0 Å². The van der Waals surface area contributed by atoms with Crippen LogP contribution in [-0.4, -0.2) is 26.2 Å². The van der Waals surface area contributed by atoms with E-state index in [0.29, 0.717) is 10.7 Å². The summed E-state index contributed by atoms with van der Waals surface area (Å²) in [7, 11) is 0. The van der Waals surface area contributed by atoms with Gasteiger partial charge >= 0.3 is 5.97 Å². The summed E-state index contributed by atoms with van der Waals surface area (Å²) in [6.07, 6.45) is 1.54. The highest BCUT2D eigenvalue weighted by molar-refractivity contribution is 8.04. The van der Waals surface area contributed by atoms with Crippen molar-refractivity contribution in [2.45, 2.75) is 5.16 Å². The molecule has 0 bridgehead atoms. The number of fused-ring (bicyclic) bond motifs is 1. The zero-order valence-corrected chi connectivity index (χ0v) is 12.2. The summed E-state index contributed by atoms with van der Waals surface area (Å²) >= 11 is 1.05. The van der Waals surface area contributed by atoms with E-state index in [0.717, 1.165) is 22.8 Å². The van der Waals surface area contributed by atoms with Crippen LogP contribution in [0.5, 0.6) is 5.75 Å². The number of aromatic hydroxyl groups is 1. The number of imidazole rings is 1. The van der Waals surface area contributed by atoms with E-state index < -0.39 is 5.97 Å². The van der Waals surface area contributed by atoms with E-state index in [9.17, 15) is 15.0 Å². The van der Waals surface area contributed by atoms with Gasteiger partial charge in [0.15, 0.2) is 5.16 Å². The molecule has 0 fully saturated rings. The zero-order valence-electron chi connectivity index (χ0n) is 11.4. The lowest BCUT2D eigenvalue weighted by Gasteiger charge is -2.00. The molecule has 0 unspecified atom stereocenters. The van der Waals surface area contributed by atoms with E-state index in [2.05, 4.69) is 9.97 Å². The SMILES string of the molecule is O=C(O)/C(=C/c1ccc(O)cc1)Sc1nc2ccccc2[nH]1. The summed E-state index contributed by atoms with van der Waals surface area (Å²) in [5.74, 6) is -0.891. The number of hydrogen-bond donors (Lipinski definition) is 3. The van der Waals surface area contributed by atoms with Crippen molar-refractivity contribution in [1.82, 2.24) is 9.97 Å². The maximum Gasteiger partial charge on any atom is 0.342 e. The number of benzene rings is 2. The molecule has 1 heterocycles. The number of para-hydroxylation sites is 2. The first-order chi connectivity index (χ1) is 10.6. The number of H-pyrrole nitrogens is 1. The van der Waals surface area contributed by atoms with E-state index in [4.69, 9.17) is 0 Å². The third kappa shape index (κ3) is 3.12. The number of phenolic OH excluding ortho intramolecular Hbond substituents is 1. The van der Waals surface area contributed by atoms with Gasteiger partial charge in [0.1, 0.15) is 10.7 Å². The Balaban J connectivity index is 1.91. The van der Waals surface area contributed by atoms with Crippen LogP contribution >= 0.6 is 11.8 Å². The minimum atomic E-state index is -1.03. The molecule has 0 saturated carbocycles. The van der Waals surface area contributed by atoms with Gasteiger partial charge < -0.3 is 15.2 Å². The van der Waals surface area contributed by atoms with E-state index in [-0.39, 0.29) is 10.7 Å². The Morgan fingerprint density at radius 3 is 2.55 bits per heavy atom. The lowest BCUT2D eigenvalue weighted by molar-refractivity contribution is -0.131. The number of nitrogens with one attached hydrogen (secondary N) is 1. The number of aliphatic carboxylic acids is 1. The van der Waals surface area contributed by atoms with Gasteiger partial charge in [0, 0.05) is 0 Å². The lowest BCUT2D eigenvalue weighted by Crippen LogP contribution is -1.97. The van der Waals surface area contributed by atoms with Crippen LogP contribution in [0.15, 0.2) is 58.6 Å². The van der Waals surface area contributed by atoms with Gasteiger partial charge in [-0.15, -0.1) is 0 Å². The third-order valence-corrected chi connectivity index (χ3v) is 3.87. The molecule has 2 aromatic carbocycles. The molecule has 0 aliphatic heterocycles. The van der Waals surface area contributed by atoms with Gasteiger partial charge in [-0.3, -0.25) is 0 Å². The van der Waals surface area contributed by atoms with Crippen molar-refractivity contribution >= 4 is 34.8 Å². The molecule has 0 spiro atoms. The molecule has 0 saturated heterocycles. The van der Waals surface area contributed by atoms with Gasteiger partial charge in [0.2, 0.25) is 0 Å². The first kappa shape index (κ1) is 14.2. The molecule has 0 atom stereocenters. The standard InChI is InChI=1S/C16H12N2O3S/c19-11-7-5-10(6-8-11)9-14(15(20)21)22-16-17-12-3-1-2-4-13(12)18-16/h1-9,19H,(H,17,18)(H,20,21)/b14-9-. The number of phenols is 1. The van der Waals surface area contributed by atoms with Gasteiger partial charge in [0.05, 0.1) is 11.0 Å². The van der Waals surface area contributed by atoms with Crippen molar-refractivity contribution in [3.05, 3.63) is 59.0 Å². The number of carboxylic acid groups (broad SMARTS) is 1. The maximum absolute atomic E-state index is 11.4. The average Bonchev–Trinajstić information content (AvgIpc) is 2.91. The average molecular weight is 312 g/mol. The molecule has 0 radical (unpaired) electrons. The molecule has 0 aliphatic rings. The number of aromatic nitrogens is 2. The number of hydrogen-bond acceptors (Lipinski definition) is 4. The Labute approximate surface area is 130 Å². The zero-order chi connectivity index (χ0) is 15.5. The van der Waals surface area contributed by atoms with Crippen molar-refractivity contribution in [3.8, 4) is 5.75 Å². The van der Waals surface area contributed by atoms with Crippen molar-refractivity contribution in [2.24, 2.45) is 0 Å². The maximum atomic E-state index is 11.4. The van der Waals surface area contributed by atoms with Crippen LogP contribution in [0.3, 0.4) is 0 Å². The highest BCUT2D eigenvalue weighted by Crippen LogP contribution is 2.28. The van der Waals surface area contributed by atoms with Crippen molar-refractivity contribution in [2.75, 3.05) is 0 Å². The molecule has 0 amide bonds. The quantitative estimate of drug-likeness (QED) is 0.507. The second kappa shape index (κ2) is 5.95. The molecule has 5 nitrogen and oxygen atoms in total. The Bertz CT molecular complexity index is 820. The molecule has 3 rings (SSSR count). The summed E-state index contributed by atoms with van der Waals surface area (Å²) in [4.78, 5) is 19.0. The molecule has 1 aromatic heterocycles. The Kier molecular flexibility index (Phi) is 3.84. The van der Waals surface area contributed by atoms with E-state index in [1.807, 2.05) is 24.3 Å². The topological polar surface area (TPSA) is 86.2 Å². The van der Waals surface area contributed by atoms with Crippen molar-refractivity contribution in [3.63, 3.8) is 0 Å². The molecular formula is C16H12N2O3S. The van der Waals surface area contributed by atoms with Gasteiger partial charge in [-0.05, 0) is 47.7 Å². The molecule has 6 heteroatoms. The fourth-order valence-corrected chi connectivity index (χ4v) is 2.73. The highest BCUT2D eigenvalue weighted by atomic mass is 32.2. The molecule has 22 heavy (non-hydrogen) atoms. The number of rotatable bonds is 4. The minimum Gasteiger partial charge on any atom is -0.508 e. The Morgan fingerprint density at radius 2 is 1.86 bits per heavy atom. The summed E-state index contributed by atoms with van der Waals surface area (Å²) in [5, 5.41) is 19.1. The third-order valence-electron chi connectivity index (χ3n) is 2.98. The summed E-state index contributed by atoms with van der Waals surface area (Å²) < 4.78 is 0. The van der Waals surface area contributed by atoms with Crippen LogP contribution in [0.1, 0.15) is 5.56 Å². The largest absolute Gasteiger partial charge is 0.508 e. The van der Waals surface area contributed by atoms with Crippen LogP contribution in [0.4, 0.5) is 0 Å². The minimum absolute atomic E-state index is 0.138. The van der Waals surface area contributed by atoms with Crippen LogP contribution in [-0.2, 0) is 4.79 Å². The Morgan fingerprint density at radius 1 is 1.14 bits per heavy atom. The van der Waals surface area contributed by atoms with E-state index >= 15 is 0 Å². The number of carbonyl (C=O) groups is 1. The van der Waals surface area contributed by atoms with Crippen molar-refractivity contribution < 1.29 is 15.0 Å². The second-order valence-corrected chi connectivity index (χ2v) is 5.60. The fraction of sp³-hybridized carbons (Fsp3) is 0. The summed E-state index contributed by atoms with van der Waals surface area (Å²) in [6, 6.07) is 13.8.